The summed E-state index contributed by atoms with van der Waals surface area (Å²) in [6.45, 7) is 0. The standard InChI is InChI=1S/C16H12O2S/c17-15(18)10-4-6-11-5-3-8-13-12-7-1-2-9-14(12)19-16(11)13/h1-9H,10H2,(H,17,18)/b6-4-. The third kappa shape index (κ3) is 2.25. The molecule has 2 nitrogen and oxygen atoms in total. The van der Waals surface area contributed by atoms with E-state index in [0.717, 1.165) is 5.56 Å². The molecule has 19 heavy (non-hydrogen) atoms. The minimum absolute atomic E-state index is 0.0568. The zero-order chi connectivity index (χ0) is 13.2. The summed E-state index contributed by atoms with van der Waals surface area (Å²) < 4.78 is 2.47. The third-order valence-corrected chi connectivity index (χ3v) is 4.26. The minimum Gasteiger partial charge on any atom is -0.481 e. The largest absolute Gasteiger partial charge is 0.481 e. The van der Waals surface area contributed by atoms with Crippen molar-refractivity contribution < 1.29 is 9.90 Å². The lowest BCUT2D eigenvalue weighted by Gasteiger charge is -1.96. The zero-order valence-corrected chi connectivity index (χ0v) is 11.0. The number of benzene rings is 2. The summed E-state index contributed by atoms with van der Waals surface area (Å²) in [4.78, 5) is 10.5. The summed E-state index contributed by atoms with van der Waals surface area (Å²) in [5.41, 5.74) is 1.08. The SMILES string of the molecule is O=C(O)C/C=C\c1cccc2c1sc1ccccc12. The smallest absolute Gasteiger partial charge is 0.307 e. The second-order valence-corrected chi connectivity index (χ2v) is 5.37. The van der Waals surface area contributed by atoms with Gasteiger partial charge in [0.25, 0.3) is 0 Å². The van der Waals surface area contributed by atoms with E-state index in [1.165, 1.54) is 20.2 Å². The fraction of sp³-hybridized carbons (Fsp3) is 0.0625. The van der Waals surface area contributed by atoms with Crippen LogP contribution in [-0.2, 0) is 4.79 Å². The van der Waals surface area contributed by atoms with Gasteiger partial charge >= 0.3 is 5.97 Å². The van der Waals surface area contributed by atoms with Crippen molar-refractivity contribution in [2.45, 2.75) is 6.42 Å². The number of carboxylic acids is 1. The first-order valence-electron chi connectivity index (χ1n) is 6.04. The summed E-state index contributed by atoms with van der Waals surface area (Å²) in [6, 6.07) is 14.5. The molecule has 0 aliphatic rings. The van der Waals surface area contributed by atoms with Gasteiger partial charge in [-0.1, -0.05) is 48.6 Å². The van der Waals surface area contributed by atoms with E-state index < -0.39 is 5.97 Å². The first kappa shape index (κ1) is 11.9. The Morgan fingerprint density at radius 2 is 1.89 bits per heavy atom. The first-order chi connectivity index (χ1) is 9.25. The van der Waals surface area contributed by atoms with Crippen LogP contribution in [0.1, 0.15) is 12.0 Å². The molecule has 0 saturated carbocycles. The molecule has 0 atom stereocenters. The van der Waals surface area contributed by atoms with Crippen molar-refractivity contribution in [1.82, 2.24) is 0 Å². The van der Waals surface area contributed by atoms with E-state index in [1.807, 2.05) is 30.3 Å². The van der Waals surface area contributed by atoms with E-state index in [1.54, 1.807) is 17.4 Å². The van der Waals surface area contributed by atoms with Gasteiger partial charge in [0.05, 0.1) is 6.42 Å². The fourth-order valence-corrected chi connectivity index (χ4v) is 3.38. The molecule has 1 aromatic heterocycles. The third-order valence-electron chi connectivity index (χ3n) is 3.02. The highest BCUT2D eigenvalue weighted by atomic mass is 32.1. The Morgan fingerprint density at radius 1 is 1.11 bits per heavy atom. The summed E-state index contributed by atoms with van der Waals surface area (Å²) in [6.07, 6.45) is 3.65. The molecule has 3 heteroatoms. The van der Waals surface area contributed by atoms with Crippen LogP contribution in [0.5, 0.6) is 0 Å². The number of carbonyl (C=O) groups is 1. The molecule has 0 saturated heterocycles. The lowest BCUT2D eigenvalue weighted by atomic mass is 10.1. The van der Waals surface area contributed by atoms with E-state index in [2.05, 4.69) is 18.2 Å². The molecule has 0 bridgehead atoms. The highest BCUT2D eigenvalue weighted by Gasteiger charge is 2.06. The van der Waals surface area contributed by atoms with Crippen LogP contribution in [0.3, 0.4) is 0 Å². The summed E-state index contributed by atoms with van der Waals surface area (Å²) in [7, 11) is 0. The molecule has 0 aliphatic carbocycles. The number of aliphatic carboxylic acids is 1. The molecule has 0 spiro atoms. The maximum absolute atomic E-state index is 10.5. The predicted molar refractivity (Wildman–Crippen MR) is 80.6 cm³/mol. The number of thiophene rings is 1. The van der Waals surface area contributed by atoms with Gasteiger partial charge in [-0.05, 0) is 11.6 Å². The lowest BCUT2D eigenvalue weighted by Crippen LogP contribution is -1.89. The van der Waals surface area contributed by atoms with Crippen molar-refractivity contribution in [2.24, 2.45) is 0 Å². The van der Waals surface area contributed by atoms with Crippen LogP contribution in [-0.4, -0.2) is 11.1 Å². The van der Waals surface area contributed by atoms with Gasteiger partial charge in [-0.25, -0.2) is 0 Å². The zero-order valence-electron chi connectivity index (χ0n) is 10.2. The van der Waals surface area contributed by atoms with Crippen LogP contribution in [0.4, 0.5) is 0 Å². The van der Waals surface area contributed by atoms with Crippen LogP contribution in [0.15, 0.2) is 48.5 Å². The second-order valence-electron chi connectivity index (χ2n) is 4.32. The molecule has 94 valence electrons. The van der Waals surface area contributed by atoms with E-state index in [0.29, 0.717) is 0 Å². The van der Waals surface area contributed by atoms with Gasteiger partial charge in [0.15, 0.2) is 0 Å². The van der Waals surface area contributed by atoms with Crippen LogP contribution >= 0.6 is 11.3 Å². The maximum Gasteiger partial charge on any atom is 0.307 e. The Kier molecular flexibility index (Phi) is 3.05. The van der Waals surface area contributed by atoms with Crippen molar-refractivity contribution in [3.8, 4) is 0 Å². The Bertz CT molecular complexity index is 784. The van der Waals surface area contributed by atoms with Crippen LogP contribution < -0.4 is 0 Å². The Morgan fingerprint density at radius 3 is 2.74 bits per heavy atom. The van der Waals surface area contributed by atoms with Gasteiger partial charge in [-0.3, -0.25) is 4.79 Å². The fourth-order valence-electron chi connectivity index (χ4n) is 2.19. The topological polar surface area (TPSA) is 37.3 Å². The van der Waals surface area contributed by atoms with Gasteiger partial charge in [0, 0.05) is 20.2 Å². The van der Waals surface area contributed by atoms with Crippen molar-refractivity contribution in [2.75, 3.05) is 0 Å². The van der Waals surface area contributed by atoms with E-state index >= 15 is 0 Å². The molecule has 0 amide bonds. The molecule has 1 N–H and O–H groups in total. The molecular weight excluding hydrogens is 256 g/mol. The molecular formula is C16H12O2S. The number of fused-ring (bicyclic) bond motifs is 3. The molecule has 0 fully saturated rings. The number of hydrogen-bond donors (Lipinski definition) is 1. The Balaban J connectivity index is 2.15. The summed E-state index contributed by atoms with van der Waals surface area (Å²) >= 11 is 1.75. The Hall–Kier alpha value is -2.13. The molecule has 2 aromatic carbocycles. The van der Waals surface area contributed by atoms with Crippen molar-refractivity contribution >= 4 is 43.6 Å². The van der Waals surface area contributed by atoms with E-state index in [-0.39, 0.29) is 6.42 Å². The molecule has 3 rings (SSSR count). The first-order valence-corrected chi connectivity index (χ1v) is 6.86. The number of carboxylic acid groups (broad SMARTS) is 1. The minimum atomic E-state index is -0.806. The summed E-state index contributed by atoms with van der Waals surface area (Å²) in [5, 5.41) is 11.2. The van der Waals surface area contributed by atoms with Crippen LogP contribution in [0.25, 0.3) is 26.2 Å². The quantitative estimate of drug-likeness (QED) is 0.757. The van der Waals surface area contributed by atoms with Gasteiger partial charge in [0.2, 0.25) is 0 Å². The highest BCUT2D eigenvalue weighted by Crippen LogP contribution is 2.36. The number of hydrogen-bond acceptors (Lipinski definition) is 2. The average molecular weight is 268 g/mol. The van der Waals surface area contributed by atoms with Crippen LogP contribution in [0.2, 0.25) is 0 Å². The van der Waals surface area contributed by atoms with Gasteiger partial charge in [-0.2, -0.15) is 0 Å². The van der Waals surface area contributed by atoms with Crippen molar-refractivity contribution in [3.05, 3.63) is 54.1 Å². The van der Waals surface area contributed by atoms with Crippen molar-refractivity contribution in [3.63, 3.8) is 0 Å². The molecule has 0 aliphatic heterocycles. The van der Waals surface area contributed by atoms with Gasteiger partial charge in [-0.15, -0.1) is 11.3 Å². The highest BCUT2D eigenvalue weighted by molar-refractivity contribution is 7.26. The molecule has 3 aromatic rings. The molecule has 0 radical (unpaired) electrons. The normalized spacial score (nSPS) is 11.6. The maximum atomic E-state index is 10.5. The second kappa shape index (κ2) is 4.86. The van der Waals surface area contributed by atoms with Crippen molar-refractivity contribution in [1.29, 1.82) is 0 Å². The summed E-state index contributed by atoms with van der Waals surface area (Å²) in [5.74, 6) is -0.806. The van der Waals surface area contributed by atoms with E-state index in [9.17, 15) is 4.79 Å². The van der Waals surface area contributed by atoms with Gasteiger partial charge in [0.1, 0.15) is 0 Å². The lowest BCUT2D eigenvalue weighted by molar-refractivity contribution is -0.135. The predicted octanol–water partition coefficient (Wildman–Crippen LogP) is 4.54. The number of rotatable bonds is 3. The molecule has 1 heterocycles. The van der Waals surface area contributed by atoms with Crippen LogP contribution in [0, 0.1) is 0 Å². The Labute approximate surface area is 114 Å². The monoisotopic (exact) mass is 268 g/mol. The average Bonchev–Trinajstić information content (AvgIpc) is 2.78. The molecule has 0 unspecified atom stereocenters. The van der Waals surface area contributed by atoms with Gasteiger partial charge < -0.3 is 5.11 Å². The van der Waals surface area contributed by atoms with E-state index in [4.69, 9.17) is 5.11 Å².